The predicted octanol–water partition coefficient (Wildman–Crippen LogP) is 3.20. The van der Waals surface area contributed by atoms with Gasteiger partial charge in [-0.3, -0.25) is 14.9 Å². The zero-order valence-corrected chi connectivity index (χ0v) is 15.2. The summed E-state index contributed by atoms with van der Waals surface area (Å²) in [5.41, 5.74) is 0.352. The molecule has 6 nitrogen and oxygen atoms in total. The van der Waals surface area contributed by atoms with Gasteiger partial charge in [0.25, 0.3) is 5.69 Å². The van der Waals surface area contributed by atoms with Crippen molar-refractivity contribution in [2.75, 3.05) is 7.11 Å². The first-order valence-corrected chi connectivity index (χ1v) is 8.54. The third-order valence-corrected chi connectivity index (χ3v) is 4.16. The summed E-state index contributed by atoms with van der Waals surface area (Å²) in [6.07, 6.45) is 4.17. The summed E-state index contributed by atoms with van der Waals surface area (Å²) in [7, 11) is 1.22. The van der Waals surface area contributed by atoms with Crippen molar-refractivity contribution < 1.29 is 19.2 Å². The van der Waals surface area contributed by atoms with Crippen LogP contribution in [0.15, 0.2) is 35.4 Å². The molecule has 27 heavy (non-hydrogen) atoms. The minimum Gasteiger partial charge on any atom is -0.465 e. The summed E-state index contributed by atoms with van der Waals surface area (Å²) in [5, 5.41) is 10.7. The Hall–Kier alpha value is -3.38. The molecular weight excluding hydrogens is 346 g/mol. The monoisotopic (exact) mass is 365 g/mol. The molecule has 1 aliphatic rings. The number of ketones is 1. The molecule has 1 aromatic carbocycles. The number of benzene rings is 1. The van der Waals surface area contributed by atoms with E-state index in [1.165, 1.54) is 38.3 Å². The molecule has 1 aliphatic carbocycles. The molecule has 0 unspecified atom stereocenters. The van der Waals surface area contributed by atoms with Gasteiger partial charge in [-0.1, -0.05) is 36.5 Å². The number of nitrogens with zero attached hydrogens (tertiary/aromatic N) is 1. The third-order valence-electron chi connectivity index (χ3n) is 4.16. The van der Waals surface area contributed by atoms with Gasteiger partial charge in [-0.15, -0.1) is 0 Å². The highest BCUT2D eigenvalue weighted by atomic mass is 16.6. The molecule has 0 saturated heterocycles. The lowest BCUT2D eigenvalue weighted by atomic mass is 10.0. The smallest absolute Gasteiger partial charge is 0.347 e. The molecule has 0 bridgehead atoms. The number of ether oxygens (including phenoxy) is 1. The van der Waals surface area contributed by atoms with E-state index in [1.807, 2.05) is 0 Å². The molecule has 0 N–H and O–H groups in total. The molecule has 0 aromatic heterocycles. The standard InChI is InChI=1S/C21H19NO5/c1-15(23)19(13-9-17-7-11-18(12-8-17)22(25)26)20(21(24)27-2)14-10-16-5-3-4-6-16/h7-8,11-12,16H,3-6H2,1-2H3/b20-19+. The van der Waals surface area contributed by atoms with Crippen LogP contribution in [0.4, 0.5) is 5.69 Å². The maximum atomic E-state index is 12.1. The minimum atomic E-state index is -0.705. The Bertz CT molecular complexity index is 898. The van der Waals surface area contributed by atoms with Crippen LogP contribution >= 0.6 is 0 Å². The lowest BCUT2D eigenvalue weighted by molar-refractivity contribution is -0.384. The first kappa shape index (κ1) is 19.9. The van der Waals surface area contributed by atoms with Crippen molar-refractivity contribution >= 4 is 17.4 Å². The Morgan fingerprint density at radius 3 is 2.26 bits per heavy atom. The highest BCUT2D eigenvalue weighted by Gasteiger charge is 2.18. The molecule has 1 fully saturated rings. The summed E-state index contributed by atoms with van der Waals surface area (Å²) in [5.74, 6) is 10.4. The van der Waals surface area contributed by atoms with Gasteiger partial charge in [0.2, 0.25) is 0 Å². The molecule has 0 amide bonds. The van der Waals surface area contributed by atoms with Crippen molar-refractivity contribution in [2.45, 2.75) is 32.6 Å². The minimum absolute atomic E-state index is 0.0225. The van der Waals surface area contributed by atoms with Gasteiger partial charge in [-0.05, 0) is 31.9 Å². The average Bonchev–Trinajstić information content (AvgIpc) is 3.17. The Labute approximate surface area is 157 Å². The van der Waals surface area contributed by atoms with Crippen molar-refractivity contribution in [1.29, 1.82) is 0 Å². The largest absolute Gasteiger partial charge is 0.465 e. The molecule has 0 spiro atoms. The van der Waals surface area contributed by atoms with Crippen LogP contribution in [0, 0.1) is 39.7 Å². The summed E-state index contributed by atoms with van der Waals surface area (Å²) in [4.78, 5) is 34.3. The number of hydrogen-bond donors (Lipinski definition) is 0. The van der Waals surface area contributed by atoms with Gasteiger partial charge in [0.1, 0.15) is 5.57 Å². The van der Waals surface area contributed by atoms with Crippen molar-refractivity contribution in [2.24, 2.45) is 5.92 Å². The maximum absolute atomic E-state index is 12.1. The molecule has 138 valence electrons. The quantitative estimate of drug-likeness (QED) is 0.270. The summed E-state index contributed by atoms with van der Waals surface area (Å²) in [6.45, 7) is 1.31. The Kier molecular flexibility index (Phi) is 6.91. The second-order valence-corrected chi connectivity index (χ2v) is 6.10. The van der Waals surface area contributed by atoms with Crippen LogP contribution in [0.5, 0.6) is 0 Å². The number of nitro benzene ring substituents is 1. The van der Waals surface area contributed by atoms with E-state index in [9.17, 15) is 19.7 Å². The van der Waals surface area contributed by atoms with Gasteiger partial charge in [0.15, 0.2) is 5.78 Å². The van der Waals surface area contributed by atoms with E-state index in [4.69, 9.17) is 4.74 Å². The van der Waals surface area contributed by atoms with E-state index in [0.717, 1.165) is 25.7 Å². The van der Waals surface area contributed by atoms with Gasteiger partial charge in [-0.25, -0.2) is 4.79 Å². The van der Waals surface area contributed by atoms with E-state index in [0.29, 0.717) is 5.56 Å². The van der Waals surface area contributed by atoms with Gasteiger partial charge in [0, 0.05) is 23.6 Å². The number of methoxy groups -OCH3 is 1. The predicted molar refractivity (Wildman–Crippen MR) is 99.4 cm³/mol. The van der Waals surface area contributed by atoms with E-state index < -0.39 is 16.7 Å². The molecular formula is C21H19NO5. The van der Waals surface area contributed by atoms with Crippen LogP contribution in [0.3, 0.4) is 0 Å². The zero-order chi connectivity index (χ0) is 19.8. The number of rotatable bonds is 3. The number of hydrogen-bond acceptors (Lipinski definition) is 5. The topological polar surface area (TPSA) is 86.5 Å². The van der Waals surface area contributed by atoms with Gasteiger partial charge < -0.3 is 4.74 Å². The van der Waals surface area contributed by atoms with Gasteiger partial charge >= 0.3 is 5.97 Å². The van der Waals surface area contributed by atoms with Crippen LogP contribution in [0.25, 0.3) is 0 Å². The summed E-state index contributed by atoms with van der Waals surface area (Å²) >= 11 is 0. The molecule has 6 heteroatoms. The first-order valence-electron chi connectivity index (χ1n) is 8.54. The number of carbonyl (C=O) groups is 2. The van der Waals surface area contributed by atoms with Gasteiger partial charge in [-0.2, -0.15) is 0 Å². The second kappa shape index (κ2) is 9.35. The lowest BCUT2D eigenvalue weighted by Gasteiger charge is -2.02. The average molecular weight is 365 g/mol. The number of nitro groups is 1. The molecule has 0 heterocycles. The fourth-order valence-electron chi connectivity index (χ4n) is 2.69. The molecule has 1 aromatic rings. The Morgan fingerprint density at radius 2 is 1.74 bits per heavy atom. The molecule has 2 rings (SSSR count). The lowest BCUT2D eigenvalue weighted by Crippen LogP contribution is -2.10. The normalized spacial score (nSPS) is 14.1. The van der Waals surface area contributed by atoms with Crippen LogP contribution in [-0.4, -0.2) is 23.8 Å². The third kappa shape index (κ3) is 5.55. The van der Waals surface area contributed by atoms with E-state index in [2.05, 4.69) is 23.7 Å². The van der Waals surface area contributed by atoms with E-state index >= 15 is 0 Å². The number of Topliss-reactive ketones (excluding diaryl/α,β-unsaturated/α-hetero) is 1. The SMILES string of the molecule is COC(=O)/C(C#CC1CCCC1)=C(\C#Cc1ccc([N+](=O)[O-])cc1)C(C)=O. The van der Waals surface area contributed by atoms with Crippen molar-refractivity contribution in [3.63, 3.8) is 0 Å². The highest BCUT2D eigenvalue weighted by molar-refractivity contribution is 6.08. The molecule has 1 saturated carbocycles. The van der Waals surface area contributed by atoms with Crippen LogP contribution in [0.1, 0.15) is 38.2 Å². The zero-order valence-electron chi connectivity index (χ0n) is 15.2. The highest BCUT2D eigenvalue weighted by Crippen LogP contribution is 2.24. The van der Waals surface area contributed by atoms with Crippen molar-refractivity contribution in [3.8, 4) is 23.7 Å². The number of non-ortho nitro benzene ring substituents is 1. The molecule has 0 atom stereocenters. The fraction of sp³-hybridized carbons (Fsp3) is 0.333. The maximum Gasteiger partial charge on any atom is 0.347 e. The number of esters is 1. The summed E-state index contributed by atoms with van der Waals surface area (Å²) < 4.78 is 4.76. The van der Waals surface area contributed by atoms with E-state index in [-0.39, 0.29) is 22.8 Å². The molecule has 0 radical (unpaired) electrons. The molecule has 0 aliphatic heterocycles. The summed E-state index contributed by atoms with van der Waals surface area (Å²) in [6, 6.07) is 5.60. The van der Waals surface area contributed by atoms with Gasteiger partial charge in [0.05, 0.1) is 17.6 Å². The van der Waals surface area contributed by atoms with Crippen LogP contribution < -0.4 is 0 Å². The van der Waals surface area contributed by atoms with Crippen molar-refractivity contribution in [3.05, 3.63) is 51.1 Å². The van der Waals surface area contributed by atoms with E-state index in [1.54, 1.807) is 0 Å². The Balaban J connectivity index is 2.42. The van der Waals surface area contributed by atoms with Crippen LogP contribution in [-0.2, 0) is 14.3 Å². The van der Waals surface area contributed by atoms with Crippen LogP contribution in [0.2, 0.25) is 0 Å². The fourth-order valence-corrected chi connectivity index (χ4v) is 2.69. The van der Waals surface area contributed by atoms with Crippen molar-refractivity contribution in [1.82, 2.24) is 0 Å². The Morgan fingerprint density at radius 1 is 1.11 bits per heavy atom. The number of allylic oxidation sites excluding steroid dienone is 1. The first-order chi connectivity index (χ1) is 12.9. The second-order valence-electron chi connectivity index (χ2n) is 6.10. The number of carbonyl (C=O) groups excluding carboxylic acids is 2.